The summed E-state index contributed by atoms with van der Waals surface area (Å²) in [6.07, 6.45) is 8.79. The quantitative estimate of drug-likeness (QED) is 0.303. The van der Waals surface area contributed by atoms with Crippen LogP contribution in [0.2, 0.25) is 0 Å². The first-order valence-corrected chi connectivity index (χ1v) is 14.0. The van der Waals surface area contributed by atoms with Crippen molar-refractivity contribution >= 4 is 34.6 Å². The molecule has 0 radical (unpaired) electrons. The number of amides is 2. The number of carboxylic acid groups (broad SMARTS) is 1. The Morgan fingerprint density at radius 2 is 1.92 bits per heavy atom. The number of hydrazine groups is 1. The molecule has 0 saturated carbocycles. The second-order valence-electron chi connectivity index (χ2n) is 11.0. The van der Waals surface area contributed by atoms with Crippen molar-refractivity contribution in [1.29, 1.82) is 0 Å². The molecule has 1 aliphatic rings. The van der Waals surface area contributed by atoms with E-state index in [0.29, 0.717) is 31.8 Å². The smallest absolute Gasteiger partial charge is 0.322 e. The van der Waals surface area contributed by atoms with Gasteiger partial charge >= 0.3 is 5.97 Å². The second-order valence-corrected chi connectivity index (χ2v) is 11.0. The minimum absolute atomic E-state index is 0.0323. The molecule has 1 saturated heterocycles. The third-order valence-corrected chi connectivity index (χ3v) is 7.06. The van der Waals surface area contributed by atoms with E-state index >= 15 is 0 Å². The molecule has 3 atom stereocenters. The zero-order valence-electron chi connectivity index (χ0n) is 23.7. The Kier molecular flexibility index (Phi) is 11.0. The predicted octanol–water partition coefficient (Wildman–Crippen LogP) is 3.85. The van der Waals surface area contributed by atoms with Crippen molar-refractivity contribution in [3.63, 3.8) is 0 Å². The van der Waals surface area contributed by atoms with Crippen LogP contribution in [0.15, 0.2) is 36.5 Å². The number of benzene rings is 1. The molecular formula is C30H43N5O4. The minimum atomic E-state index is -0.989. The fourth-order valence-electron chi connectivity index (χ4n) is 4.66. The van der Waals surface area contributed by atoms with Gasteiger partial charge in [0.1, 0.15) is 12.1 Å². The van der Waals surface area contributed by atoms with E-state index in [9.17, 15) is 19.5 Å². The summed E-state index contributed by atoms with van der Waals surface area (Å²) in [6, 6.07) is 6.61. The van der Waals surface area contributed by atoms with E-state index in [1.807, 2.05) is 26.1 Å². The molecule has 9 heteroatoms. The van der Waals surface area contributed by atoms with Gasteiger partial charge in [-0.05, 0) is 74.1 Å². The highest BCUT2D eigenvalue weighted by molar-refractivity contribution is 5.90. The fourth-order valence-corrected chi connectivity index (χ4v) is 4.66. The number of nitrogens with one attached hydrogen (secondary N) is 3. The summed E-state index contributed by atoms with van der Waals surface area (Å²) < 4.78 is 0. The predicted molar refractivity (Wildman–Crippen MR) is 154 cm³/mol. The average molecular weight is 538 g/mol. The molecule has 1 aromatic carbocycles. The number of aromatic nitrogens is 1. The van der Waals surface area contributed by atoms with Crippen molar-refractivity contribution in [2.75, 3.05) is 13.1 Å². The van der Waals surface area contributed by atoms with Crippen LogP contribution in [0, 0.1) is 5.92 Å². The lowest BCUT2D eigenvalue weighted by Gasteiger charge is -2.34. The van der Waals surface area contributed by atoms with Crippen molar-refractivity contribution in [3.8, 4) is 0 Å². The lowest BCUT2D eigenvalue weighted by molar-refractivity contribution is -0.148. The first kappa shape index (κ1) is 30.2. The van der Waals surface area contributed by atoms with E-state index in [0.717, 1.165) is 23.9 Å². The summed E-state index contributed by atoms with van der Waals surface area (Å²) >= 11 is 0. The topological polar surface area (TPSA) is 124 Å². The van der Waals surface area contributed by atoms with Crippen molar-refractivity contribution in [1.82, 2.24) is 26.1 Å². The van der Waals surface area contributed by atoms with E-state index in [1.54, 1.807) is 6.92 Å². The summed E-state index contributed by atoms with van der Waals surface area (Å²) in [6.45, 7) is 11.0. The van der Waals surface area contributed by atoms with Crippen LogP contribution in [-0.2, 0) is 14.4 Å². The Labute approximate surface area is 231 Å². The minimum Gasteiger partial charge on any atom is -0.480 e. The van der Waals surface area contributed by atoms with Crippen molar-refractivity contribution in [3.05, 3.63) is 47.8 Å². The second kappa shape index (κ2) is 14.2. The third kappa shape index (κ3) is 8.60. The maximum atomic E-state index is 13.0. The summed E-state index contributed by atoms with van der Waals surface area (Å²) in [5.74, 6) is -1.06. The maximum absolute atomic E-state index is 13.0. The number of allylic oxidation sites excluding steroid dienone is 1. The van der Waals surface area contributed by atoms with Gasteiger partial charge in [0.05, 0.1) is 11.7 Å². The van der Waals surface area contributed by atoms with Gasteiger partial charge in [0.25, 0.3) is 5.91 Å². The number of carboxylic acids is 1. The van der Waals surface area contributed by atoms with Crippen LogP contribution in [0.25, 0.3) is 16.8 Å². The lowest BCUT2D eigenvalue weighted by atomic mass is 10.00. The van der Waals surface area contributed by atoms with Gasteiger partial charge in [0.2, 0.25) is 5.91 Å². The van der Waals surface area contributed by atoms with E-state index in [1.165, 1.54) is 16.0 Å². The van der Waals surface area contributed by atoms with Crippen LogP contribution >= 0.6 is 0 Å². The molecule has 2 aromatic rings. The molecule has 1 aliphatic heterocycles. The Bertz CT molecular complexity index is 1180. The van der Waals surface area contributed by atoms with Crippen LogP contribution in [0.1, 0.15) is 77.5 Å². The van der Waals surface area contributed by atoms with Crippen LogP contribution in [0.5, 0.6) is 0 Å². The van der Waals surface area contributed by atoms with Gasteiger partial charge in [-0.3, -0.25) is 24.4 Å². The molecule has 212 valence electrons. The summed E-state index contributed by atoms with van der Waals surface area (Å²) in [4.78, 5) is 41.5. The zero-order chi connectivity index (χ0) is 28.5. The van der Waals surface area contributed by atoms with Gasteiger partial charge in [-0.2, -0.15) is 0 Å². The van der Waals surface area contributed by atoms with Crippen LogP contribution in [0.4, 0.5) is 0 Å². The number of unbranched alkanes of at least 4 members (excludes halogenated alkanes) is 1. The van der Waals surface area contributed by atoms with E-state index < -0.39 is 24.1 Å². The van der Waals surface area contributed by atoms with Crippen LogP contribution in [0.3, 0.4) is 0 Å². The number of carbonyl (C=O) groups excluding carboxylic acids is 2. The Morgan fingerprint density at radius 1 is 1.15 bits per heavy atom. The zero-order valence-corrected chi connectivity index (χ0v) is 23.7. The Balaban J connectivity index is 1.46. The van der Waals surface area contributed by atoms with Gasteiger partial charge in [-0.15, -0.1) is 0 Å². The Morgan fingerprint density at radius 3 is 2.62 bits per heavy atom. The number of nitrogens with zero attached hydrogens (tertiary/aromatic N) is 2. The van der Waals surface area contributed by atoms with E-state index in [2.05, 4.69) is 65.2 Å². The summed E-state index contributed by atoms with van der Waals surface area (Å²) in [7, 11) is 0. The molecule has 1 fully saturated rings. The van der Waals surface area contributed by atoms with Crippen molar-refractivity contribution in [2.24, 2.45) is 5.92 Å². The number of carbonyl (C=O) groups is 3. The highest BCUT2D eigenvalue weighted by Crippen LogP contribution is 2.22. The summed E-state index contributed by atoms with van der Waals surface area (Å²) in [5, 5.41) is 19.0. The highest BCUT2D eigenvalue weighted by atomic mass is 16.4. The van der Waals surface area contributed by atoms with E-state index in [-0.39, 0.29) is 17.7 Å². The maximum Gasteiger partial charge on any atom is 0.322 e. The van der Waals surface area contributed by atoms with Gasteiger partial charge in [-0.25, -0.2) is 5.43 Å². The largest absolute Gasteiger partial charge is 0.480 e. The number of pyridine rings is 1. The number of rotatable bonds is 12. The number of fused-ring (bicyclic) bond motifs is 1. The van der Waals surface area contributed by atoms with E-state index in [4.69, 9.17) is 0 Å². The number of hydrogen-bond donors (Lipinski definition) is 4. The molecule has 4 N–H and O–H groups in total. The SMILES string of the molecule is CC(C)c1ccc2cnc(/C=C/CCCN[C@H](C(=O)N[C@@H](C)C(=O)N3CCC[C@@H](C(=O)O)N3)C(C)C)cc2c1. The first-order valence-electron chi connectivity index (χ1n) is 14.0. The standard InChI is InChI=1S/C30H43N5O4/c1-19(2)22-12-13-23-18-32-25(17-24(23)16-22)10-7-6-8-14-31-27(20(3)4)28(36)33-21(5)29(37)35-15-9-11-26(34-35)30(38)39/h7,10,12-13,16-21,26-27,31,34H,6,8-9,11,14-15H2,1-5H3,(H,33,36)(H,38,39)/b10-7+/t21-,26-,27-/m0/s1. The fraction of sp³-hybridized carbons (Fsp3) is 0.533. The molecule has 0 unspecified atom stereocenters. The van der Waals surface area contributed by atoms with Gasteiger partial charge in [0.15, 0.2) is 0 Å². The highest BCUT2D eigenvalue weighted by Gasteiger charge is 2.31. The van der Waals surface area contributed by atoms with Crippen LogP contribution in [-0.4, -0.2) is 64.1 Å². The average Bonchev–Trinajstić information content (AvgIpc) is 2.91. The first-order chi connectivity index (χ1) is 18.6. The number of hydrogen-bond acceptors (Lipinski definition) is 6. The molecule has 0 aliphatic carbocycles. The normalized spacial score (nSPS) is 17.6. The molecule has 2 amide bonds. The van der Waals surface area contributed by atoms with Gasteiger partial charge in [-0.1, -0.05) is 52.0 Å². The van der Waals surface area contributed by atoms with Crippen molar-refractivity contribution < 1.29 is 19.5 Å². The monoisotopic (exact) mass is 537 g/mol. The molecule has 1 aromatic heterocycles. The van der Waals surface area contributed by atoms with Gasteiger partial charge in [0, 0.05) is 18.1 Å². The molecule has 0 bridgehead atoms. The summed E-state index contributed by atoms with van der Waals surface area (Å²) in [5.41, 5.74) is 4.98. The molecule has 3 rings (SSSR count). The van der Waals surface area contributed by atoms with Crippen LogP contribution < -0.4 is 16.1 Å². The molecular weight excluding hydrogens is 494 g/mol. The van der Waals surface area contributed by atoms with Gasteiger partial charge < -0.3 is 15.7 Å². The molecule has 2 heterocycles. The molecule has 9 nitrogen and oxygen atoms in total. The van der Waals surface area contributed by atoms with Crippen molar-refractivity contribution in [2.45, 2.75) is 84.3 Å². The number of aliphatic carboxylic acids is 1. The Hall–Kier alpha value is -3.30. The molecule has 39 heavy (non-hydrogen) atoms. The lowest BCUT2D eigenvalue weighted by Crippen LogP contribution is -2.60. The third-order valence-electron chi connectivity index (χ3n) is 7.06. The molecule has 0 spiro atoms.